The average molecular weight is 239 g/mol. The number of aliphatic hydroxyl groups excluding tert-OH is 1. The average Bonchev–Trinajstić information content (AvgIpc) is 2.41. The van der Waals surface area contributed by atoms with Gasteiger partial charge in [-0.15, -0.1) is 0 Å². The van der Waals surface area contributed by atoms with Gasteiger partial charge in [-0.05, 0) is 24.1 Å². The quantitative estimate of drug-likeness (QED) is 0.890. The molecule has 0 aliphatic carbocycles. The minimum absolute atomic E-state index is 0.159. The van der Waals surface area contributed by atoms with Gasteiger partial charge in [-0.25, -0.2) is 0 Å². The molecule has 0 amide bonds. The zero-order valence-electron chi connectivity index (χ0n) is 10.3. The highest BCUT2D eigenvalue weighted by atomic mass is 16.3. The van der Waals surface area contributed by atoms with Crippen LogP contribution in [0.1, 0.15) is 12.0 Å². The van der Waals surface area contributed by atoms with Crippen LogP contribution in [-0.2, 0) is 5.54 Å². The zero-order valence-corrected chi connectivity index (χ0v) is 10.3. The van der Waals surface area contributed by atoms with E-state index in [1.54, 1.807) is 0 Å². The standard InChI is InChI=1S/C16H17NO/c18-13-16(14-7-3-1-4-8-14)11-12-17(16)15-9-5-2-6-10-15/h1-10,18H,11-13H2/t16-/m1/s1. The Bertz CT molecular complexity index is 507. The van der Waals surface area contributed by atoms with E-state index in [0.717, 1.165) is 13.0 Å². The van der Waals surface area contributed by atoms with Crippen molar-refractivity contribution in [2.45, 2.75) is 12.0 Å². The number of nitrogens with zero attached hydrogens (tertiary/aromatic N) is 1. The fraction of sp³-hybridized carbons (Fsp3) is 0.250. The van der Waals surface area contributed by atoms with Crippen molar-refractivity contribution in [3.05, 3.63) is 66.2 Å². The summed E-state index contributed by atoms with van der Waals surface area (Å²) in [4.78, 5) is 2.29. The predicted molar refractivity (Wildman–Crippen MR) is 73.6 cm³/mol. The second kappa shape index (κ2) is 4.46. The topological polar surface area (TPSA) is 23.5 Å². The molecule has 1 saturated heterocycles. The summed E-state index contributed by atoms with van der Waals surface area (Å²) in [6.45, 7) is 1.16. The van der Waals surface area contributed by atoms with E-state index in [2.05, 4.69) is 29.2 Å². The van der Waals surface area contributed by atoms with Crippen molar-refractivity contribution in [3.63, 3.8) is 0 Å². The Hall–Kier alpha value is -1.80. The van der Waals surface area contributed by atoms with Crippen molar-refractivity contribution in [1.29, 1.82) is 0 Å². The Balaban J connectivity index is 1.99. The third kappa shape index (κ3) is 1.61. The lowest BCUT2D eigenvalue weighted by atomic mass is 9.78. The van der Waals surface area contributed by atoms with E-state index in [4.69, 9.17) is 0 Å². The van der Waals surface area contributed by atoms with Crippen LogP contribution in [0.5, 0.6) is 0 Å². The summed E-state index contributed by atoms with van der Waals surface area (Å²) in [5.41, 5.74) is 2.15. The highest BCUT2D eigenvalue weighted by molar-refractivity contribution is 5.55. The minimum atomic E-state index is -0.234. The predicted octanol–water partition coefficient (Wildman–Crippen LogP) is 2.78. The van der Waals surface area contributed by atoms with Gasteiger partial charge in [0.2, 0.25) is 0 Å². The van der Waals surface area contributed by atoms with E-state index in [1.807, 2.05) is 36.4 Å². The summed E-state index contributed by atoms with van der Waals surface area (Å²) in [6.07, 6.45) is 1.00. The van der Waals surface area contributed by atoms with E-state index < -0.39 is 0 Å². The van der Waals surface area contributed by atoms with Crippen LogP contribution >= 0.6 is 0 Å². The van der Waals surface area contributed by atoms with Gasteiger partial charge in [0.15, 0.2) is 0 Å². The van der Waals surface area contributed by atoms with Gasteiger partial charge in [0.1, 0.15) is 0 Å². The Labute approximate surface area is 107 Å². The molecule has 0 bridgehead atoms. The SMILES string of the molecule is OC[C@@]1(c2ccccc2)CCN1c1ccccc1. The van der Waals surface area contributed by atoms with Gasteiger partial charge in [0.05, 0.1) is 12.1 Å². The number of hydrogen-bond donors (Lipinski definition) is 1. The zero-order chi connectivity index (χ0) is 12.4. The van der Waals surface area contributed by atoms with Crippen LogP contribution in [0, 0.1) is 0 Å². The van der Waals surface area contributed by atoms with Gasteiger partial charge >= 0.3 is 0 Å². The maximum Gasteiger partial charge on any atom is 0.0900 e. The monoisotopic (exact) mass is 239 g/mol. The first kappa shape index (κ1) is 11.3. The van der Waals surface area contributed by atoms with E-state index >= 15 is 0 Å². The molecule has 18 heavy (non-hydrogen) atoms. The van der Waals surface area contributed by atoms with Crippen molar-refractivity contribution in [3.8, 4) is 0 Å². The van der Waals surface area contributed by atoms with Crippen molar-refractivity contribution in [2.24, 2.45) is 0 Å². The number of aliphatic hydroxyl groups is 1. The summed E-state index contributed by atoms with van der Waals surface area (Å²) < 4.78 is 0. The van der Waals surface area contributed by atoms with Gasteiger partial charge < -0.3 is 10.0 Å². The molecule has 1 N–H and O–H groups in total. The van der Waals surface area contributed by atoms with Crippen molar-refractivity contribution in [1.82, 2.24) is 0 Å². The maximum absolute atomic E-state index is 9.88. The first-order chi connectivity index (χ1) is 8.87. The lowest BCUT2D eigenvalue weighted by Gasteiger charge is -2.53. The number of benzene rings is 2. The van der Waals surface area contributed by atoms with Crippen LogP contribution in [0.2, 0.25) is 0 Å². The Morgan fingerprint density at radius 1 is 0.944 bits per heavy atom. The maximum atomic E-state index is 9.88. The Morgan fingerprint density at radius 2 is 1.56 bits per heavy atom. The summed E-state index contributed by atoms with van der Waals surface area (Å²) in [5.74, 6) is 0. The number of rotatable bonds is 3. The smallest absolute Gasteiger partial charge is 0.0900 e. The normalized spacial score (nSPS) is 22.6. The van der Waals surface area contributed by atoms with Gasteiger partial charge in [-0.1, -0.05) is 48.5 Å². The molecule has 0 saturated carbocycles. The second-order valence-electron chi connectivity index (χ2n) is 4.79. The molecule has 2 aromatic rings. The van der Waals surface area contributed by atoms with Crippen molar-refractivity contribution in [2.75, 3.05) is 18.1 Å². The molecule has 2 nitrogen and oxygen atoms in total. The van der Waals surface area contributed by atoms with Crippen LogP contribution in [0.15, 0.2) is 60.7 Å². The molecule has 0 aromatic heterocycles. The molecular formula is C16H17NO. The first-order valence-electron chi connectivity index (χ1n) is 6.36. The molecule has 3 rings (SSSR count). The molecule has 1 atom stereocenters. The van der Waals surface area contributed by atoms with E-state index in [1.165, 1.54) is 11.3 Å². The van der Waals surface area contributed by atoms with Crippen LogP contribution in [0.4, 0.5) is 5.69 Å². The van der Waals surface area contributed by atoms with Gasteiger partial charge in [0.25, 0.3) is 0 Å². The molecule has 0 radical (unpaired) electrons. The summed E-state index contributed by atoms with van der Waals surface area (Å²) in [5, 5.41) is 9.88. The van der Waals surface area contributed by atoms with Gasteiger partial charge in [-0.3, -0.25) is 0 Å². The fourth-order valence-electron chi connectivity index (χ4n) is 2.78. The lowest BCUT2D eigenvalue weighted by Crippen LogP contribution is -2.60. The Morgan fingerprint density at radius 3 is 2.06 bits per heavy atom. The molecule has 1 aliphatic heterocycles. The molecule has 2 aromatic carbocycles. The van der Waals surface area contributed by atoms with E-state index in [0.29, 0.717) is 0 Å². The fourth-order valence-corrected chi connectivity index (χ4v) is 2.78. The van der Waals surface area contributed by atoms with E-state index in [9.17, 15) is 5.11 Å². The van der Waals surface area contributed by atoms with E-state index in [-0.39, 0.29) is 12.1 Å². The van der Waals surface area contributed by atoms with Gasteiger partial charge in [0, 0.05) is 12.2 Å². The van der Waals surface area contributed by atoms with Crippen molar-refractivity contribution < 1.29 is 5.11 Å². The molecule has 1 heterocycles. The lowest BCUT2D eigenvalue weighted by molar-refractivity contribution is 0.137. The molecule has 1 aliphatic rings. The largest absolute Gasteiger partial charge is 0.394 e. The van der Waals surface area contributed by atoms with Crippen LogP contribution in [0.25, 0.3) is 0 Å². The molecule has 1 fully saturated rings. The Kier molecular flexibility index (Phi) is 2.80. The highest BCUT2D eigenvalue weighted by Gasteiger charge is 2.45. The molecule has 0 unspecified atom stereocenters. The summed E-state index contributed by atoms with van der Waals surface area (Å²) in [7, 11) is 0. The molecule has 0 spiro atoms. The third-order valence-corrected chi connectivity index (χ3v) is 3.91. The van der Waals surface area contributed by atoms with Crippen molar-refractivity contribution >= 4 is 5.69 Å². The van der Waals surface area contributed by atoms with Crippen LogP contribution in [-0.4, -0.2) is 18.3 Å². The molecular weight excluding hydrogens is 222 g/mol. The van der Waals surface area contributed by atoms with Gasteiger partial charge in [-0.2, -0.15) is 0 Å². The number of anilines is 1. The minimum Gasteiger partial charge on any atom is -0.394 e. The second-order valence-corrected chi connectivity index (χ2v) is 4.79. The van der Waals surface area contributed by atoms with Crippen LogP contribution < -0.4 is 4.90 Å². The summed E-state index contributed by atoms with van der Waals surface area (Å²) in [6, 6.07) is 20.6. The highest BCUT2D eigenvalue weighted by Crippen LogP contribution is 2.43. The third-order valence-electron chi connectivity index (χ3n) is 3.91. The molecule has 2 heteroatoms. The first-order valence-corrected chi connectivity index (χ1v) is 6.36. The molecule has 92 valence electrons. The number of hydrogen-bond acceptors (Lipinski definition) is 2. The summed E-state index contributed by atoms with van der Waals surface area (Å²) >= 11 is 0. The van der Waals surface area contributed by atoms with Crippen LogP contribution in [0.3, 0.4) is 0 Å². The number of para-hydroxylation sites is 1.